The molecule has 0 aromatic heterocycles. The maximum atomic E-state index is 13.0. The maximum Gasteiger partial charge on any atom is 0.325 e. The molecule has 0 saturated carbocycles. The van der Waals surface area contributed by atoms with Gasteiger partial charge in [0.15, 0.2) is 16.6 Å². The highest BCUT2D eigenvalue weighted by molar-refractivity contribution is 7.80. The number of methoxy groups -OCH3 is 2. The van der Waals surface area contributed by atoms with Crippen molar-refractivity contribution in [1.82, 2.24) is 9.80 Å². The standard InChI is InChI=1S/C22H21FN2O5S/c1-24-21(27)17(25(22(24)31)12-20(26)29-3)10-15-6-9-18(19(11-15)28-2)30-13-14-4-7-16(23)8-5-14/h4-11H,12-13H2,1-3H3/b17-10+. The van der Waals surface area contributed by atoms with Gasteiger partial charge in [0, 0.05) is 7.05 Å². The number of hydrogen-bond donors (Lipinski definition) is 0. The molecule has 162 valence electrons. The van der Waals surface area contributed by atoms with Crippen LogP contribution in [-0.2, 0) is 20.9 Å². The van der Waals surface area contributed by atoms with Crippen molar-refractivity contribution in [2.75, 3.05) is 27.8 Å². The molecule has 2 aromatic carbocycles. The number of benzene rings is 2. The van der Waals surface area contributed by atoms with E-state index in [9.17, 15) is 14.0 Å². The molecule has 0 spiro atoms. The zero-order valence-electron chi connectivity index (χ0n) is 17.3. The molecule has 1 saturated heterocycles. The van der Waals surface area contributed by atoms with E-state index < -0.39 is 5.97 Å². The van der Waals surface area contributed by atoms with Gasteiger partial charge < -0.3 is 19.1 Å². The van der Waals surface area contributed by atoms with Crippen molar-refractivity contribution in [2.24, 2.45) is 0 Å². The van der Waals surface area contributed by atoms with E-state index in [1.54, 1.807) is 43.5 Å². The molecule has 2 aromatic rings. The highest BCUT2D eigenvalue weighted by atomic mass is 32.1. The van der Waals surface area contributed by atoms with Gasteiger partial charge in [-0.05, 0) is 53.7 Å². The predicted molar refractivity (Wildman–Crippen MR) is 116 cm³/mol. The van der Waals surface area contributed by atoms with Crippen molar-refractivity contribution in [3.05, 3.63) is 65.1 Å². The van der Waals surface area contributed by atoms with Crippen molar-refractivity contribution in [1.29, 1.82) is 0 Å². The van der Waals surface area contributed by atoms with Crippen LogP contribution in [0.25, 0.3) is 6.08 Å². The molecule has 1 aliphatic rings. The van der Waals surface area contributed by atoms with Gasteiger partial charge in [-0.1, -0.05) is 18.2 Å². The summed E-state index contributed by atoms with van der Waals surface area (Å²) in [5, 5.41) is 0.216. The number of carbonyl (C=O) groups is 2. The number of ether oxygens (including phenoxy) is 3. The summed E-state index contributed by atoms with van der Waals surface area (Å²) in [5.41, 5.74) is 1.71. The molecular weight excluding hydrogens is 423 g/mol. The maximum absolute atomic E-state index is 13.0. The Hall–Kier alpha value is -3.46. The molecule has 9 heteroatoms. The highest BCUT2D eigenvalue weighted by Crippen LogP contribution is 2.31. The lowest BCUT2D eigenvalue weighted by Gasteiger charge is -2.17. The lowest BCUT2D eigenvalue weighted by atomic mass is 10.1. The van der Waals surface area contributed by atoms with Crippen molar-refractivity contribution in [3.8, 4) is 11.5 Å². The topological polar surface area (TPSA) is 68.3 Å². The Bertz CT molecular complexity index is 1040. The molecule has 0 N–H and O–H groups in total. The fourth-order valence-electron chi connectivity index (χ4n) is 2.94. The largest absolute Gasteiger partial charge is 0.493 e. The summed E-state index contributed by atoms with van der Waals surface area (Å²) in [5.74, 6) is -0.210. The third-order valence-electron chi connectivity index (χ3n) is 4.65. The molecule has 1 amide bonds. The molecule has 0 aliphatic carbocycles. The van der Waals surface area contributed by atoms with Gasteiger partial charge in [-0.3, -0.25) is 14.5 Å². The molecule has 0 radical (unpaired) electrons. The van der Waals surface area contributed by atoms with Gasteiger partial charge in [-0.15, -0.1) is 0 Å². The molecule has 1 fully saturated rings. The average molecular weight is 444 g/mol. The van der Waals surface area contributed by atoms with E-state index in [4.69, 9.17) is 26.4 Å². The van der Waals surface area contributed by atoms with Crippen LogP contribution in [0.15, 0.2) is 48.2 Å². The number of thiocarbonyl (C=S) groups is 1. The number of hydrogen-bond acceptors (Lipinski definition) is 6. The van der Waals surface area contributed by atoms with Crippen molar-refractivity contribution >= 4 is 35.3 Å². The lowest BCUT2D eigenvalue weighted by molar-refractivity contribution is -0.140. The Morgan fingerprint density at radius 1 is 1.13 bits per heavy atom. The Balaban J connectivity index is 1.84. The molecular formula is C22H21FN2O5S. The van der Waals surface area contributed by atoms with Gasteiger partial charge in [-0.2, -0.15) is 0 Å². The van der Waals surface area contributed by atoms with Crippen LogP contribution in [0.1, 0.15) is 11.1 Å². The fourth-order valence-corrected chi connectivity index (χ4v) is 3.18. The Morgan fingerprint density at radius 3 is 2.48 bits per heavy atom. The first kappa shape index (κ1) is 22.2. The predicted octanol–water partition coefficient (Wildman–Crippen LogP) is 2.99. The monoisotopic (exact) mass is 444 g/mol. The van der Waals surface area contributed by atoms with Crippen LogP contribution in [-0.4, -0.2) is 54.6 Å². The lowest BCUT2D eigenvalue weighted by Crippen LogP contribution is -2.33. The van der Waals surface area contributed by atoms with Crippen LogP contribution in [0.5, 0.6) is 11.5 Å². The normalized spacial score (nSPS) is 14.9. The van der Waals surface area contributed by atoms with Crippen LogP contribution in [0.2, 0.25) is 0 Å². The van der Waals surface area contributed by atoms with Gasteiger partial charge in [0.1, 0.15) is 24.7 Å². The minimum Gasteiger partial charge on any atom is -0.493 e. The van der Waals surface area contributed by atoms with E-state index in [0.717, 1.165) is 5.56 Å². The van der Waals surface area contributed by atoms with E-state index in [0.29, 0.717) is 17.1 Å². The number of rotatable bonds is 7. The van der Waals surface area contributed by atoms with E-state index in [1.807, 2.05) is 0 Å². The number of halogens is 1. The summed E-state index contributed by atoms with van der Waals surface area (Å²) in [7, 11) is 4.32. The third kappa shape index (κ3) is 5.00. The minimum absolute atomic E-state index is 0.173. The van der Waals surface area contributed by atoms with Crippen molar-refractivity contribution in [2.45, 2.75) is 6.61 Å². The highest BCUT2D eigenvalue weighted by Gasteiger charge is 2.36. The number of esters is 1. The summed E-state index contributed by atoms with van der Waals surface area (Å²) in [6.45, 7) is 0.0643. The molecule has 0 atom stereocenters. The third-order valence-corrected chi connectivity index (χ3v) is 5.14. The van der Waals surface area contributed by atoms with Crippen LogP contribution in [0.3, 0.4) is 0 Å². The molecule has 0 bridgehead atoms. The summed E-state index contributed by atoms with van der Waals surface area (Å²) < 4.78 is 28.9. The Labute approximate surface area is 184 Å². The van der Waals surface area contributed by atoms with Crippen LogP contribution >= 0.6 is 12.2 Å². The second kappa shape index (κ2) is 9.57. The number of nitrogens with zero attached hydrogens (tertiary/aromatic N) is 2. The number of amides is 1. The fraction of sp³-hybridized carbons (Fsp3) is 0.227. The summed E-state index contributed by atoms with van der Waals surface area (Å²) in [6, 6.07) is 11.2. The molecule has 1 aliphatic heterocycles. The summed E-state index contributed by atoms with van der Waals surface area (Å²) >= 11 is 5.27. The summed E-state index contributed by atoms with van der Waals surface area (Å²) in [4.78, 5) is 27.1. The smallest absolute Gasteiger partial charge is 0.325 e. The van der Waals surface area contributed by atoms with E-state index in [1.165, 1.54) is 36.2 Å². The first-order valence-corrected chi connectivity index (χ1v) is 9.68. The molecule has 31 heavy (non-hydrogen) atoms. The van der Waals surface area contributed by atoms with Crippen LogP contribution in [0, 0.1) is 5.82 Å². The second-order valence-electron chi connectivity index (χ2n) is 6.66. The molecule has 7 nitrogen and oxygen atoms in total. The molecule has 3 rings (SSSR count). The first-order chi connectivity index (χ1) is 14.8. The Kier molecular flexibility index (Phi) is 6.86. The minimum atomic E-state index is -0.515. The molecule has 0 unspecified atom stereocenters. The van der Waals surface area contributed by atoms with E-state index >= 15 is 0 Å². The summed E-state index contributed by atoms with van der Waals surface area (Å²) in [6.07, 6.45) is 1.62. The first-order valence-electron chi connectivity index (χ1n) is 9.27. The van der Waals surface area contributed by atoms with Gasteiger partial charge >= 0.3 is 5.97 Å². The molecule has 1 heterocycles. The zero-order valence-corrected chi connectivity index (χ0v) is 18.1. The second-order valence-corrected chi connectivity index (χ2v) is 7.03. The van der Waals surface area contributed by atoms with Crippen molar-refractivity contribution < 1.29 is 28.2 Å². The van der Waals surface area contributed by atoms with Crippen molar-refractivity contribution in [3.63, 3.8) is 0 Å². The number of likely N-dealkylation sites (N-methyl/N-ethyl adjacent to an activating group) is 1. The SMILES string of the molecule is COC(=O)CN1C(=S)N(C)C(=O)/C1=C\c1ccc(OCc2ccc(F)cc2)c(OC)c1. The average Bonchev–Trinajstić information content (AvgIpc) is 2.97. The van der Waals surface area contributed by atoms with Gasteiger partial charge in [0.05, 0.1) is 14.2 Å². The van der Waals surface area contributed by atoms with Gasteiger partial charge in [0.2, 0.25) is 0 Å². The quantitative estimate of drug-likeness (QED) is 0.369. The van der Waals surface area contributed by atoms with Crippen LogP contribution < -0.4 is 9.47 Å². The zero-order chi connectivity index (χ0) is 22.5. The van der Waals surface area contributed by atoms with E-state index in [-0.39, 0.29) is 35.7 Å². The van der Waals surface area contributed by atoms with Gasteiger partial charge in [-0.25, -0.2) is 4.39 Å². The van der Waals surface area contributed by atoms with E-state index in [2.05, 4.69) is 0 Å². The Morgan fingerprint density at radius 2 is 1.84 bits per heavy atom. The van der Waals surface area contributed by atoms with Gasteiger partial charge in [0.25, 0.3) is 5.91 Å². The van der Waals surface area contributed by atoms with Crippen LogP contribution in [0.4, 0.5) is 4.39 Å². The number of carbonyl (C=O) groups excluding carboxylic acids is 2.